The molecule has 0 aromatic carbocycles. The summed E-state index contributed by atoms with van der Waals surface area (Å²) >= 11 is 1.74. The smallest absolute Gasteiger partial charge is 0.0965 e. The van der Waals surface area contributed by atoms with Gasteiger partial charge in [-0.15, -0.1) is 11.3 Å². The Bertz CT molecular complexity index is 287. The van der Waals surface area contributed by atoms with Crippen LogP contribution in [0.5, 0.6) is 0 Å². The lowest BCUT2D eigenvalue weighted by molar-refractivity contribution is 0.421. The van der Waals surface area contributed by atoms with Gasteiger partial charge in [0.25, 0.3) is 0 Å². The molecule has 0 aliphatic rings. The molecule has 0 amide bonds. The summed E-state index contributed by atoms with van der Waals surface area (Å²) in [5, 5.41) is 6.81. The number of rotatable bonds is 10. The maximum Gasteiger partial charge on any atom is 0.0965 e. The number of hydrogen-bond donors (Lipinski definition) is 2. The second-order valence-electron chi connectivity index (χ2n) is 4.97. The summed E-state index contributed by atoms with van der Waals surface area (Å²) in [5.41, 5.74) is 5.61. The summed E-state index contributed by atoms with van der Waals surface area (Å²) in [4.78, 5) is 4.35. The summed E-state index contributed by atoms with van der Waals surface area (Å²) in [7, 11) is 0. The van der Waals surface area contributed by atoms with E-state index in [1.165, 1.54) is 30.7 Å². The van der Waals surface area contributed by atoms with Gasteiger partial charge in [0.15, 0.2) is 0 Å². The highest BCUT2D eigenvalue weighted by atomic mass is 32.1. The zero-order valence-electron chi connectivity index (χ0n) is 11.7. The van der Waals surface area contributed by atoms with Crippen LogP contribution in [0.2, 0.25) is 0 Å². The maximum absolute atomic E-state index is 5.61. The van der Waals surface area contributed by atoms with Crippen molar-refractivity contribution in [3.8, 4) is 0 Å². The highest BCUT2D eigenvalue weighted by Crippen LogP contribution is 2.17. The molecule has 0 radical (unpaired) electrons. The van der Waals surface area contributed by atoms with Gasteiger partial charge < -0.3 is 11.1 Å². The Kier molecular flexibility index (Phi) is 8.22. The largest absolute Gasteiger partial charge is 0.330 e. The molecule has 18 heavy (non-hydrogen) atoms. The first kappa shape index (κ1) is 15.6. The molecular formula is C14H27N3S. The highest BCUT2D eigenvalue weighted by Gasteiger charge is 2.08. The Labute approximate surface area is 115 Å². The van der Waals surface area contributed by atoms with E-state index in [1.54, 1.807) is 11.3 Å². The molecule has 3 N–H and O–H groups in total. The summed E-state index contributed by atoms with van der Waals surface area (Å²) in [6, 6.07) is 0. The number of nitrogens with zero attached hydrogens (tertiary/aromatic N) is 1. The predicted octanol–water partition coefficient (Wildman–Crippen LogP) is 2.99. The van der Waals surface area contributed by atoms with Crippen LogP contribution in [0.1, 0.15) is 50.5 Å². The van der Waals surface area contributed by atoms with E-state index < -0.39 is 0 Å². The predicted molar refractivity (Wildman–Crippen MR) is 80.1 cm³/mol. The average Bonchev–Trinajstić information content (AvgIpc) is 2.90. The van der Waals surface area contributed by atoms with Gasteiger partial charge in [-0.2, -0.15) is 0 Å². The van der Waals surface area contributed by atoms with E-state index in [0.717, 1.165) is 25.6 Å². The number of thiazole rings is 1. The van der Waals surface area contributed by atoms with Crippen molar-refractivity contribution >= 4 is 11.3 Å². The Morgan fingerprint density at radius 3 is 2.89 bits per heavy atom. The van der Waals surface area contributed by atoms with Gasteiger partial charge in [0, 0.05) is 24.0 Å². The van der Waals surface area contributed by atoms with Gasteiger partial charge in [-0.1, -0.05) is 20.3 Å². The van der Waals surface area contributed by atoms with Crippen LogP contribution in [0, 0.1) is 5.92 Å². The van der Waals surface area contributed by atoms with E-state index in [1.807, 2.05) is 11.6 Å². The molecule has 3 nitrogen and oxygen atoms in total. The highest BCUT2D eigenvalue weighted by molar-refractivity contribution is 7.09. The third-order valence-electron chi connectivity index (χ3n) is 3.44. The topological polar surface area (TPSA) is 50.9 Å². The summed E-state index contributed by atoms with van der Waals surface area (Å²) in [5.74, 6) is 1.34. The van der Waals surface area contributed by atoms with Crippen molar-refractivity contribution in [1.29, 1.82) is 0 Å². The van der Waals surface area contributed by atoms with Crippen molar-refractivity contribution in [3.05, 3.63) is 16.6 Å². The minimum Gasteiger partial charge on any atom is -0.330 e. The Morgan fingerprint density at radius 1 is 1.44 bits per heavy atom. The molecule has 104 valence electrons. The molecule has 2 atom stereocenters. The lowest BCUT2D eigenvalue weighted by Gasteiger charge is -2.14. The van der Waals surface area contributed by atoms with Gasteiger partial charge in [0.2, 0.25) is 0 Å². The SMILES string of the molecule is CCC(CCN)CCCNCC(C)c1nccs1. The van der Waals surface area contributed by atoms with Gasteiger partial charge in [0.05, 0.1) is 5.01 Å². The van der Waals surface area contributed by atoms with Gasteiger partial charge >= 0.3 is 0 Å². The Morgan fingerprint density at radius 2 is 2.28 bits per heavy atom. The average molecular weight is 269 g/mol. The van der Waals surface area contributed by atoms with Crippen LogP contribution >= 0.6 is 11.3 Å². The van der Waals surface area contributed by atoms with E-state index in [-0.39, 0.29) is 0 Å². The second-order valence-corrected chi connectivity index (χ2v) is 5.90. The van der Waals surface area contributed by atoms with E-state index in [2.05, 4.69) is 24.1 Å². The van der Waals surface area contributed by atoms with Crippen LogP contribution in [0.3, 0.4) is 0 Å². The summed E-state index contributed by atoms with van der Waals surface area (Å²) < 4.78 is 0. The minimum atomic E-state index is 0.524. The van der Waals surface area contributed by atoms with Crippen LogP contribution in [0.4, 0.5) is 0 Å². The molecule has 1 aromatic heterocycles. The van der Waals surface area contributed by atoms with Crippen LogP contribution in [-0.4, -0.2) is 24.6 Å². The zero-order valence-corrected chi connectivity index (χ0v) is 12.5. The van der Waals surface area contributed by atoms with Crippen LogP contribution in [0.15, 0.2) is 11.6 Å². The Hall–Kier alpha value is -0.450. The number of nitrogens with two attached hydrogens (primary N) is 1. The molecule has 2 unspecified atom stereocenters. The number of nitrogens with one attached hydrogen (secondary N) is 1. The molecule has 0 saturated carbocycles. The molecule has 0 aliphatic carbocycles. The van der Waals surface area contributed by atoms with Crippen molar-refractivity contribution < 1.29 is 0 Å². The fraction of sp³-hybridized carbons (Fsp3) is 0.786. The van der Waals surface area contributed by atoms with Gasteiger partial charge in [-0.3, -0.25) is 0 Å². The first-order chi connectivity index (χ1) is 8.77. The van der Waals surface area contributed by atoms with E-state index in [0.29, 0.717) is 5.92 Å². The molecule has 0 fully saturated rings. The lowest BCUT2D eigenvalue weighted by Crippen LogP contribution is -2.22. The summed E-state index contributed by atoms with van der Waals surface area (Å²) in [6.45, 7) is 7.46. The van der Waals surface area contributed by atoms with Crippen LogP contribution in [0.25, 0.3) is 0 Å². The number of aromatic nitrogens is 1. The minimum absolute atomic E-state index is 0.524. The van der Waals surface area contributed by atoms with E-state index in [4.69, 9.17) is 5.73 Å². The first-order valence-corrected chi connectivity index (χ1v) is 7.96. The van der Waals surface area contributed by atoms with E-state index >= 15 is 0 Å². The van der Waals surface area contributed by atoms with Crippen molar-refractivity contribution in [2.45, 2.75) is 45.4 Å². The molecule has 1 heterocycles. The molecule has 0 spiro atoms. The normalized spacial score (nSPS) is 14.6. The maximum atomic E-state index is 5.61. The quantitative estimate of drug-likeness (QED) is 0.642. The van der Waals surface area contributed by atoms with Crippen molar-refractivity contribution in [1.82, 2.24) is 10.3 Å². The molecular weight excluding hydrogens is 242 g/mol. The van der Waals surface area contributed by atoms with Crippen LogP contribution in [-0.2, 0) is 0 Å². The van der Waals surface area contributed by atoms with Crippen molar-refractivity contribution in [2.75, 3.05) is 19.6 Å². The van der Waals surface area contributed by atoms with Gasteiger partial charge in [-0.05, 0) is 38.3 Å². The summed E-state index contributed by atoms with van der Waals surface area (Å²) in [6.07, 6.45) is 6.86. The lowest BCUT2D eigenvalue weighted by atomic mass is 9.97. The molecule has 0 bridgehead atoms. The second kappa shape index (κ2) is 9.48. The van der Waals surface area contributed by atoms with Crippen molar-refractivity contribution in [3.63, 3.8) is 0 Å². The monoisotopic (exact) mass is 269 g/mol. The fourth-order valence-electron chi connectivity index (χ4n) is 2.19. The van der Waals surface area contributed by atoms with E-state index in [9.17, 15) is 0 Å². The third-order valence-corrected chi connectivity index (χ3v) is 4.45. The molecule has 1 aromatic rings. The molecule has 4 heteroatoms. The van der Waals surface area contributed by atoms with Gasteiger partial charge in [0.1, 0.15) is 0 Å². The molecule has 0 saturated heterocycles. The molecule has 0 aliphatic heterocycles. The standard InChI is InChI=1S/C14H27N3S/c1-3-13(6-7-15)5-4-8-16-11-12(2)14-17-9-10-18-14/h9-10,12-13,16H,3-8,11,15H2,1-2H3. The van der Waals surface area contributed by atoms with Crippen molar-refractivity contribution in [2.24, 2.45) is 11.7 Å². The Balaban J connectivity index is 2.04. The van der Waals surface area contributed by atoms with Crippen LogP contribution < -0.4 is 11.1 Å². The third kappa shape index (κ3) is 5.94. The zero-order chi connectivity index (χ0) is 13.2. The fourth-order valence-corrected chi connectivity index (χ4v) is 2.89. The first-order valence-electron chi connectivity index (χ1n) is 7.08. The molecule has 1 rings (SSSR count). The van der Waals surface area contributed by atoms with Gasteiger partial charge in [-0.25, -0.2) is 4.98 Å². The number of hydrogen-bond acceptors (Lipinski definition) is 4.